The van der Waals surface area contributed by atoms with Crippen LogP contribution < -0.4 is 19.9 Å². The minimum absolute atomic E-state index is 0.109. The predicted molar refractivity (Wildman–Crippen MR) is 130 cm³/mol. The topological polar surface area (TPSA) is 82.1 Å². The van der Waals surface area contributed by atoms with Crippen molar-refractivity contribution in [2.24, 2.45) is 0 Å². The number of hydrogen-bond donors (Lipinski definition) is 2. The van der Waals surface area contributed by atoms with E-state index in [1.54, 1.807) is 43.5 Å². The van der Waals surface area contributed by atoms with Gasteiger partial charge in [-0.05, 0) is 54.6 Å². The minimum Gasteiger partial charge on any atom is -0.495 e. The number of benzene rings is 3. The van der Waals surface area contributed by atoms with Gasteiger partial charge in [-0.15, -0.1) is 0 Å². The lowest BCUT2D eigenvalue weighted by molar-refractivity contribution is 0.0696. The zero-order valence-electron chi connectivity index (χ0n) is 18.1. The molecule has 0 aromatic heterocycles. The lowest BCUT2D eigenvalue weighted by atomic mass is 10.1. The van der Waals surface area contributed by atoms with Crippen molar-refractivity contribution in [3.05, 3.63) is 82.9 Å². The molecule has 1 fully saturated rings. The van der Waals surface area contributed by atoms with Crippen LogP contribution in [-0.2, 0) is 0 Å². The summed E-state index contributed by atoms with van der Waals surface area (Å²) < 4.78 is 5.49. The largest absolute Gasteiger partial charge is 0.495 e. The summed E-state index contributed by atoms with van der Waals surface area (Å²) in [6.07, 6.45) is 0. The second-order valence-electron chi connectivity index (χ2n) is 7.64. The molecule has 3 aromatic rings. The lowest BCUT2D eigenvalue weighted by Gasteiger charge is -2.38. The van der Waals surface area contributed by atoms with E-state index >= 15 is 0 Å². The Bertz CT molecular complexity index is 1160. The maximum atomic E-state index is 12.8. The van der Waals surface area contributed by atoms with Gasteiger partial charge in [0.25, 0.3) is 5.91 Å². The average Bonchev–Trinajstić information content (AvgIpc) is 2.84. The summed E-state index contributed by atoms with van der Waals surface area (Å²) >= 11 is 5.92. The summed E-state index contributed by atoms with van der Waals surface area (Å²) in [5.74, 6) is -0.555. The van der Waals surface area contributed by atoms with Crippen LogP contribution in [0.1, 0.15) is 20.7 Å². The highest BCUT2D eigenvalue weighted by atomic mass is 35.5. The van der Waals surface area contributed by atoms with Crippen LogP contribution >= 0.6 is 11.6 Å². The van der Waals surface area contributed by atoms with E-state index in [2.05, 4.69) is 15.1 Å². The molecule has 0 saturated carbocycles. The van der Waals surface area contributed by atoms with Crippen LogP contribution in [0.2, 0.25) is 5.02 Å². The molecular weight excluding hydrogens is 442 g/mol. The smallest absolute Gasteiger partial charge is 0.335 e. The first-order valence-electron chi connectivity index (χ1n) is 10.5. The van der Waals surface area contributed by atoms with Gasteiger partial charge in [-0.1, -0.05) is 23.7 Å². The van der Waals surface area contributed by atoms with Crippen molar-refractivity contribution in [1.29, 1.82) is 0 Å². The van der Waals surface area contributed by atoms with Gasteiger partial charge in [0, 0.05) is 36.8 Å². The molecule has 1 aliphatic heterocycles. The number of carboxylic acid groups (broad SMARTS) is 1. The first kappa shape index (κ1) is 22.5. The molecule has 0 spiro atoms. The van der Waals surface area contributed by atoms with Crippen LogP contribution in [0.25, 0.3) is 0 Å². The fourth-order valence-corrected chi connectivity index (χ4v) is 4.05. The van der Waals surface area contributed by atoms with Gasteiger partial charge in [-0.3, -0.25) is 4.79 Å². The van der Waals surface area contributed by atoms with Crippen LogP contribution in [0.5, 0.6) is 5.75 Å². The van der Waals surface area contributed by atoms with Gasteiger partial charge in [0.15, 0.2) is 0 Å². The fraction of sp³-hybridized carbons (Fsp3) is 0.200. The third-order valence-electron chi connectivity index (χ3n) is 5.64. The van der Waals surface area contributed by atoms with E-state index < -0.39 is 5.97 Å². The maximum Gasteiger partial charge on any atom is 0.335 e. The molecule has 0 unspecified atom stereocenters. The van der Waals surface area contributed by atoms with Gasteiger partial charge in [-0.2, -0.15) is 0 Å². The average molecular weight is 466 g/mol. The molecule has 0 bridgehead atoms. The minimum atomic E-state index is -1.05. The van der Waals surface area contributed by atoms with E-state index in [0.29, 0.717) is 29.4 Å². The van der Waals surface area contributed by atoms with Crippen LogP contribution in [0, 0.1) is 0 Å². The molecule has 4 rings (SSSR count). The Kier molecular flexibility index (Phi) is 6.70. The van der Waals surface area contributed by atoms with Gasteiger partial charge < -0.3 is 25.0 Å². The molecule has 0 radical (unpaired) electrons. The Morgan fingerprint density at radius 1 is 0.879 bits per heavy atom. The first-order valence-corrected chi connectivity index (χ1v) is 10.9. The summed E-state index contributed by atoms with van der Waals surface area (Å²) in [5.41, 5.74) is 2.82. The molecular formula is C25H24ClN3O4. The number of carbonyl (C=O) groups excluding carboxylic acids is 1. The van der Waals surface area contributed by atoms with Crippen molar-refractivity contribution >= 4 is 40.5 Å². The number of piperazine rings is 1. The maximum absolute atomic E-state index is 12.8. The quantitative estimate of drug-likeness (QED) is 0.552. The number of nitrogens with zero attached hydrogens (tertiary/aromatic N) is 2. The highest BCUT2D eigenvalue weighted by Gasteiger charge is 2.23. The van der Waals surface area contributed by atoms with Gasteiger partial charge in [0.05, 0.1) is 29.7 Å². The van der Waals surface area contributed by atoms with Crippen LogP contribution in [0.15, 0.2) is 66.7 Å². The standard InChI is InChI=1S/C25H24ClN3O4/c1-33-23-5-3-2-4-22(23)29-14-12-28(13-15-29)21-11-8-18(25(31)32)16-20(21)27-24(30)17-6-9-19(26)10-7-17/h2-11,16H,12-15H2,1H3,(H,27,30)(H,31,32). The molecule has 1 amide bonds. The second-order valence-corrected chi connectivity index (χ2v) is 8.08. The fourth-order valence-electron chi connectivity index (χ4n) is 3.92. The number of amides is 1. The number of carboxylic acids is 1. The van der Waals surface area contributed by atoms with Crippen molar-refractivity contribution < 1.29 is 19.4 Å². The number of rotatable bonds is 6. The number of halogens is 1. The van der Waals surface area contributed by atoms with Gasteiger partial charge in [-0.25, -0.2) is 4.79 Å². The molecule has 170 valence electrons. The van der Waals surface area contributed by atoms with Crippen LogP contribution in [0.3, 0.4) is 0 Å². The number of methoxy groups -OCH3 is 1. The number of ether oxygens (including phenoxy) is 1. The van der Waals surface area contributed by atoms with E-state index in [0.717, 1.165) is 30.2 Å². The Morgan fingerprint density at radius 2 is 1.48 bits per heavy atom. The number of carbonyl (C=O) groups is 2. The van der Waals surface area contributed by atoms with Gasteiger partial charge in [0.1, 0.15) is 5.75 Å². The van der Waals surface area contributed by atoms with Crippen molar-refractivity contribution in [1.82, 2.24) is 0 Å². The van der Waals surface area contributed by atoms with Crippen molar-refractivity contribution in [3.63, 3.8) is 0 Å². The summed E-state index contributed by atoms with van der Waals surface area (Å²) in [6, 6.07) is 19.3. The molecule has 1 aliphatic rings. The van der Waals surface area contributed by atoms with Crippen molar-refractivity contribution in [2.75, 3.05) is 48.4 Å². The number of hydrogen-bond acceptors (Lipinski definition) is 5. The first-order chi connectivity index (χ1) is 16.0. The van der Waals surface area contributed by atoms with Crippen molar-refractivity contribution in [2.45, 2.75) is 0 Å². The van der Waals surface area contributed by atoms with E-state index in [9.17, 15) is 14.7 Å². The van der Waals surface area contributed by atoms with Crippen LogP contribution in [0.4, 0.5) is 17.1 Å². The molecule has 3 aromatic carbocycles. The summed E-state index contributed by atoms with van der Waals surface area (Å²) in [6.45, 7) is 2.92. The van der Waals surface area contributed by atoms with Gasteiger partial charge in [0.2, 0.25) is 0 Å². The Balaban J connectivity index is 1.55. The van der Waals surface area contributed by atoms with Gasteiger partial charge >= 0.3 is 5.97 Å². The summed E-state index contributed by atoms with van der Waals surface area (Å²) in [5, 5.41) is 12.9. The number of nitrogens with one attached hydrogen (secondary N) is 1. The van der Waals surface area contributed by atoms with E-state index in [4.69, 9.17) is 16.3 Å². The second kappa shape index (κ2) is 9.83. The zero-order valence-corrected chi connectivity index (χ0v) is 18.9. The Hall–Kier alpha value is -3.71. The highest BCUT2D eigenvalue weighted by Crippen LogP contribution is 2.32. The monoisotopic (exact) mass is 465 g/mol. The molecule has 8 heteroatoms. The Morgan fingerprint density at radius 3 is 2.12 bits per heavy atom. The molecule has 1 heterocycles. The molecule has 7 nitrogen and oxygen atoms in total. The van der Waals surface area contributed by atoms with E-state index in [1.807, 2.05) is 24.3 Å². The summed E-state index contributed by atoms with van der Waals surface area (Å²) in [7, 11) is 1.66. The zero-order chi connectivity index (χ0) is 23.4. The normalized spacial score (nSPS) is 13.5. The molecule has 0 aliphatic carbocycles. The molecule has 0 atom stereocenters. The SMILES string of the molecule is COc1ccccc1N1CCN(c2ccc(C(=O)O)cc2NC(=O)c2ccc(Cl)cc2)CC1. The van der Waals surface area contributed by atoms with Crippen molar-refractivity contribution in [3.8, 4) is 5.75 Å². The molecule has 2 N–H and O–H groups in total. The number of anilines is 3. The highest BCUT2D eigenvalue weighted by molar-refractivity contribution is 6.30. The number of para-hydroxylation sites is 2. The predicted octanol–water partition coefficient (Wildman–Crippen LogP) is 4.63. The third kappa shape index (κ3) is 5.04. The molecule has 1 saturated heterocycles. The third-order valence-corrected chi connectivity index (χ3v) is 5.90. The summed E-state index contributed by atoms with van der Waals surface area (Å²) in [4.78, 5) is 28.7. The van der Waals surface area contributed by atoms with E-state index in [1.165, 1.54) is 6.07 Å². The number of aromatic carboxylic acids is 1. The molecule has 33 heavy (non-hydrogen) atoms. The van der Waals surface area contributed by atoms with E-state index in [-0.39, 0.29) is 11.5 Å². The Labute approximate surface area is 197 Å². The van der Waals surface area contributed by atoms with Crippen LogP contribution in [-0.4, -0.2) is 50.3 Å². The lowest BCUT2D eigenvalue weighted by Crippen LogP contribution is -2.46.